The highest BCUT2D eigenvalue weighted by Gasteiger charge is 2.24. The summed E-state index contributed by atoms with van der Waals surface area (Å²) in [5, 5.41) is 0.474. The van der Waals surface area contributed by atoms with Crippen LogP contribution in [0.25, 0.3) is 10.2 Å². The van der Waals surface area contributed by atoms with E-state index in [-0.39, 0.29) is 29.5 Å². The number of fused-ring (bicyclic) bond motifs is 1. The van der Waals surface area contributed by atoms with E-state index in [9.17, 15) is 13.2 Å². The van der Waals surface area contributed by atoms with Crippen LogP contribution in [0.15, 0.2) is 76.2 Å². The molecule has 2 heterocycles. The quantitative estimate of drug-likeness (QED) is 0.393. The molecule has 0 N–H and O–H groups in total. The van der Waals surface area contributed by atoms with Gasteiger partial charge in [-0.2, -0.15) is 0 Å². The summed E-state index contributed by atoms with van der Waals surface area (Å²) in [5.41, 5.74) is 0.731. The monoisotopic (exact) mass is 456 g/mol. The van der Waals surface area contributed by atoms with E-state index in [1.807, 2.05) is 12.1 Å². The van der Waals surface area contributed by atoms with Crippen LogP contribution in [0, 0.1) is 0 Å². The number of carbonyl (C=O) groups excluding carboxylic acids is 1. The molecular formula is C22H20N2O5S2. The fraction of sp³-hybridized carbons (Fsp3) is 0.182. The number of thiazole rings is 1. The molecule has 0 bridgehead atoms. The molecule has 2 aromatic carbocycles. The number of hydrogen-bond acceptors (Lipinski definition) is 7. The number of amides is 1. The highest BCUT2D eigenvalue weighted by molar-refractivity contribution is 7.91. The normalized spacial score (nSPS) is 11.5. The molecule has 0 aliphatic rings. The number of nitrogens with zero attached hydrogens (tertiary/aromatic N) is 2. The SMILES string of the molecule is COc1ccc2nc(N(Cc3ccco3)C(=O)CCS(=O)(=O)c3ccccc3)sc2c1. The molecule has 0 atom stereocenters. The van der Waals surface area contributed by atoms with Crippen molar-refractivity contribution in [1.82, 2.24) is 4.98 Å². The van der Waals surface area contributed by atoms with Gasteiger partial charge >= 0.3 is 0 Å². The minimum Gasteiger partial charge on any atom is -0.497 e. The molecule has 1 amide bonds. The summed E-state index contributed by atoms with van der Waals surface area (Å²) in [6.45, 7) is 0.161. The van der Waals surface area contributed by atoms with E-state index < -0.39 is 9.84 Å². The molecule has 0 fully saturated rings. The maximum absolute atomic E-state index is 13.1. The Labute approximate surface area is 183 Å². The van der Waals surface area contributed by atoms with Crippen LogP contribution < -0.4 is 9.64 Å². The Bertz CT molecular complexity index is 1280. The third-order valence-corrected chi connectivity index (χ3v) is 7.47. The Morgan fingerprint density at radius 2 is 1.94 bits per heavy atom. The van der Waals surface area contributed by atoms with Crippen LogP contribution in [0.5, 0.6) is 5.75 Å². The molecule has 9 heteroatoms. The molecule has 0 unspecified atom stereocenters. The number of methoxy groups -OCH3 is 1. The number of aromatic nitrogens is 1. The molecule has 160 valence electrons. The third-order valence-electron chi connectivity index (χ3n) is 4.70. The number of hydrogen-bond donors (Lipinski definition) is 0. The van der Waals surface area contributed by atoms with Gasteiger partial charge in [0.25, 0.3) is 0 Å². The van der Waals surface area contributed by atoms with E-state index in [0.717, 1.165) is 10.2 Å². The summed E-state index contributed by atoms with van der Waals surface area (Å²) < 4.78 is 36.7. The van der Waals surface area contributed by atoms with Crippen molar-refractivity contribution in [1.29, 1.82) is 0 Å². The first kappa shape index (κ1) is 21.1. The minimum atomic E-state index is -3.57. The molecule has 31 heavy (non-hydrogen) atoms. The summed E-state index contributed by atoms with van der Waals surface area (Å²) >= 11 is 1.34. The van der Waals surface area contributed by atoms with Crippen LogP contribution in [-0.2, 0) is 21.2 Å². The maximum Gasteiger partial charge on any atom is 0.230 e. The first-order valence-electron chi connectivity index (χ1n) is 9.51. The van der Waals surface area contributed by atoms with Crippen LogP contribution in [0.1, 0.15) is 12.2 Å². The lowest BCUT2D eigenvalue weighted by molar-refractivity contribution is -0.118. The van der Waals surface area contributed by atoms with Gasteiger partial charge in [-0.25, -0.2) is 13.4 Å². The Morgan fingerprint density at radius 1 is 1.13 bits per heavy atom. The third kappa shape index (κ3) is 4.78. The Hall–Kier alpha value is -3.17. The average molecular weight is 457 g/mol. The first-order valence-corrected chi connectivity index (χ1v) is 12.0. The molecule has 0 saturated heterocycles. The van der Waals surface area contributed by atoms with Gasteiger partial charge in [0.05, 0.1) is 40.8 Å². The molecular weight excluding hydrogens is 436 g/mol. The Balaban J connectivity index is 1.59. The lowest BCUT2D eigenvalue weighted by Crippen LogP contribution is -2.31. The van der Waals surface area contributed by atoms with Crippen LogP contribution >= 0.6 is 11.3 Å². The summed E-state index contributed by atoms with van der Waals surface area (Å²) in [7, 11) is -1.98. The van der Waals surface area contributed by atoms with Crippen molar-refractivity contribution >= 4 is 42.4 Å². The molecule has 4 aromatic rings. The van der Waals surface area contributed by atoms with Crippen LogP contribution in [0.4, 0.5) is 5.13 Å². The van der Waals surface area contributed by atoms with E-state index >= 15 is 0 Å². The predicted octanol–water partition coefficient (Wildman–Crippen LogP) is 4.30. The zero-order valence-electron chi connectivity index (χ0n) is 16.7. The van der Waals surface area contributed by atoms with Gasteiger partial charge in [0.15, 0.2) is 15.0 Å². The molecule has 4 rings (SSSR count). The molecule has 0 aliphatic carbocycles. The number of ether oxygens (including phenoxy) is 1. The molecule has 0 spiro atoms. The highest BCUT2D eigenvalue weighted by atomic mass is 32.2. The predicted molar refractivity (Wildman–Crippen MR) is 119 cm³/mol. The van der Waals surface area contributed by atoms with Crippen LogP contribution in [0.3, 0.4) is 0 Å². The second-order valence-corrected chi connectivity index (χ2v) is 9.89. The molecule has 0 saturated carbocycles. The van der Waals surface area contributed by atoms with Gasteiger partial charge in [0.2, 0.25) is 5.91 Å². The van der Waals surface area contributed by atoms with Crippen molar-refractivity contribution < 1.29 is 22.4 Å². The van der Waals surface area contributed by atoms with E-state index in [2.05, 4.69) is 4.98 Å². The molecule has 0 aliphatic heterocycles. The smallest absolute Gasteiger partial charge is 0.230 e. The van der Waals surface area contributed by atoms with Crippen molar-refractivity contribution in [3.8, 4) is 5.75 Å². The fourth-order valence-corrected chi connectivity index (χ4v) is 5.32. The van der Waals surface area contributed by atoms with E-state index in [4.69, 9.17) is 9.15 Å². The molecule has 0 radical (unpaired) electrons. The number of benzene rings is 2. The van der Waals surface area contributed by atoms with E-state index in [1.165, 1.54) is 34.6 Å². The average Bonchev–Trinajstić information content (AvgIpc) is 3.45. The van der Waals surface area contributed by atoms with Crippen molar-refractivity contribution in [2.45, 2.75) is 17.9 Å². The zero-order valence-corrected chi connectivity index (χ0v) is 18.4. The molecule has 2 aromatic heterocycles. The van der Waals surface area contributed by atoms with Gasteiger partial charge in [-0.15, -0.1) is 0 Å². The van der Waals surface area contributed by atoms with Gasteiger partial charge in [-0.3, -0.25) is 9.69 Å². The lowest BCUT2D eigenvalue weighted by atomic mass is 10.3. The Kier molecular flexibility index (Phi) is 6.06. The van der Waals surface area contributed by atoms with Crippen molar-refractivity contribution in [2.24, 2.45) is 0 Å². The van der Waals surface area contributed by atoms with Gasteiger partial charge < -0.3 is 9.15 Å². The Morgan fingerprint density at radius 3 is 2.65 bits per heavy atom. The maximum atomic E-state index is 13.1. The summed E-state index contributed by atoms with van der Waals surface area (Å²) in [6.07, 6.45) is 1.36. The largest absolute Gasteiger partial charge is 0.497 e. The number of rotatable bonds is 8. The van der Waals surface area contributed by atoms with Crippen molar-refractivity contribution in [3.05, 3.63) is 72.7 Å². The second-order valence-electron chi connectivity index (χ2n) is 6.77. The standard InChI is InChI=1S/C22H20N2O5S2/c1-28-16-9-10-19-20(14-16)30-22(23-19)24(15-17-6-5-12-29-17)21(25)11-13-31(26,27)18-7-3-2-4-8-18/h2-10,12,14H,11,13,15H2,1H3. The first-order chi connectivity index (χ1) is 15.0. The van der Waals surface area contributed by atoms with E-state index in [1.54, 1.807) is 43.5 Å². The number of sulfone groups is 1. The topological polar surface area (TPSA) is 89.7 Å². The van der Waals surface area contributed by atoms with Crippen molar-refractivity contribution in [3.63, 3.8) is 0 Å². The summed E-state index contributed by atoms with van der Waals surface area (Å²) in [4.78, 5) is 19.3. The number of anilines is 1. The molecule has 7 nitrogen and oxygen atoms in total. The number of carbonyl (C=O) groups is 1. The van der Waals surface area contributed by atoms with Gasteiger partial charge in [-0.05, 0) is 42.5 Å². The zero-order chi connectivity index (χ0) is 21.8. The lowest BCUT2D eigenvalue weighted by Gasteiger charge is -2.18. The van der Waals surface area contributed by atoms with E-state index in [0.29, 0.717) is 16.6 Å². The van der Waals surface area contributed by atoms with Gasteiger partial charge in [0.1, 0.15) is 11.5 Å². The second kappa shape index (κ2) is 8.91. The minimum absolute atomic E-state index is 0.161. The highest BCUT2D eigenvalue weighted by Crippen LogP contribution is 2.32. The van der Waals surface area contributed by atoms with Crippen molar-refractivity contribution in [2.75, 3.05) is 17.8 Å². The van der Waals surface area contributed by atoms with Gasteiger partial charge in [-0.1, -0.05) is 29.5 Å². The van der Waals surface area contributed by atoms with Crippen LogP contribution in [-0.4, -0.2) is 32.2 Å². The summed E-state index contributed by atoms with van der Waals surface area (Å²) in [5.74, 6) is 0.641. The van der Waals surface area contributed by atoms with Crippen LogP contribution in [0.2, 0.25) is 0 Å². The summed E-state index contributed by atoms with van der Waals surface area (Å²) in [6, 6.07) is 17.1. The van der Waals surface area contributed by atoms with Gasteiger partial charge in [0, 0.05) is 6.42 Å². The number of furan rings is 1. The fourth-order valence-electron chi connectivity index (χ4n) is 3.06.